The average Bonchev–Trinajstić information content (AvgIpc) is 3.74. The molecule has 2 aliphatic rings. The molecule has 1 aliphatic carbocycles. The zero-order chi connectivity index (χ0) is 29.5. The summed E-state index contributed by atoms with van der Waals surface area (Å²) in [5.74, 6) is -1.40. The van der Waals surface area contributed by atoms with Crippen LogP contribution in [0, 0.1) is 24.6 Å². The molecule has 0 saturated heterocycles. The van der Waals surface area contributed by atoms with E-state index in [0.29, 0.717) is 34.9 Å². The first-order valence-corrected chi connectivity index (χ1v) is 13.9. The minimum absolute atomic E-state index is 0. The molecule has 0 N–H and O–H groups in total. The van der Waals surface area contributed by atoms with E-state index < -0.39 is 30.4 Å². The van der Waals surface area contributed by atoms with Gasteiger partial charge in [0.1, 0.15) is 17.7 Å². The summed E-state index contributed by atoms with van der Waals surface area (Å²) in [4.78, 5) is 16.8. The summed E-state index contributed by atoms with van der Waals surface area (Å²) < 4.78 is 60.6. The normalized spacial score (nSPS) is 18.0. The van der Waals surface area contributed by atoms with E-state index >= 15 is 0 Å². The Morgan fingerprint density at radius 1 is 1.12 bits per heavy atom. The molecule has 2 aromatic carbocycles. The van der Waals surface area contributed by atoms with Gasteiger partial charge in [0.2, 0.25) is 0 Å². The van der Waals surface area contributed by atoms with Crippen molar-refractivity contribution in [3.05, 3.63) is 82.4 Å². The van der Waals surface area contributed by atoms with E-state index in [0.717, 1.165) is 47.0 Å². The predicted octanol–water partition coefficient (Wildman–Crippen LogP) is 3.14. The molecule has 10 heteroatoms. The van der Waals surface area contributed by atoms with Crippen LogP contribution < -0.4 is 39.4 Å². The summed E-state index contributed by atoms with van der Waals surface area (Å²) in [6.07, 6.45) is -0.249. The van der Waals surface area contributed by atoms with Gasteiger partial charge < -0.3 is 14.6 Å². The van der Waals surface area contributed by atoms with Gasteiger partial charge in [-0.25, -0.2) is 4.39 Å². The smallest absolute Gasteiger partial charge is 0.550 e. The molecule has 3 aromatic rings. The number of fused-ring (bicyclic) bond motifs is 1. The zero-order valence-electron chi connectivity index (χ0n) is 24.3. The van der Waals surface area contributed by atoms with Gasteiger partial charge in [-0.15, -0.1) is 0 Å². The third kappa shape index (κ3) is 7.54. The van der Waals surface area contributed by atoms with E-state index in [1.165, 1.54) is 7.05 Å². The number of carbonyl (C=O) groups excluding carboxylic acids is 1. The zero-order valence-corrected chi connectivity index (χ0v) is 26.3. The van der Waals surface area contributed by atoms with E-state index in [-0.39, 0.29) is 53.7 Å². The summed E-state index contributed by atoms with van der Waals surface area (Å²) in [5.41, 5.74) is 4.67. The summed E-state index contributed by atoms with van der Waals surface area (Å²) in [6.45, 7) is 2.28. The molecule has 0 bridgehead atoms. The van der Waals surface area contributed by atoms with E-state index in [2.05, 4.69) is 4.98 Å². The standard InChI is InChI=1S/C32H34F4N2O3.Na/c1-18-12-26(27(33)15-37-18)25-10-8-22(13-24(25)16-38(3)17-32(34,35)36)28-11-9-20-4-7-23(14-29(20)41-28)30(21-5-6-21)19(2)31(39)40;/h4,7-8,10,12-15,19,21,28,30H,5-6,9,11,16-17H2,1-3H3,(H,39,40);/q;+1/p-1/t19-,28?,30-;/m0./s1. The monoisotopic (exact) mass is 592 g/mol. The number of alkyl halides is 3. The number of benzene rings is 2. The molecule has 0 radical (unpaired) electrons. The van der Waals surface area contributed by atoms with Crippen LogP contribution in [0.2, 0.25) is 0 Å². The van der Waals surface area contributed by atoms with Gasteiger partial charge in [-0.1, -0.05) is 37.3 Å². The second-order valence-electron chi connectivity index (χ2n) is 11.5. The number of aryl methyl sites for hydroxylation is 2. The number of halogens is 4. The Labute approximate surface area is 265 Å². The van der Waals surface area contributed by atoms with Gasteiger partial charge in [-0.2, -0.15) is 13.2 Å². The van der Waals surface area contributed by atoms with Crippen molar-refractivity contribution in [2.24, 2.45) is 11.8 Å². The van der Waals surface area contributed by atoms with Crippen molar-refractivity contribution < 1.29 is 61.8 Å². The maximum absolute atomic E-state index is 14.8. The minimum Gasteiger partial charge on any atom is -0.550 e. The molecule has 218 valence electrons. The van der Waals surface area contributed by atoms with Crippen LogP contribution in [0.4, 0.5) is 17.6 Å². The molecule has 1 fully saturated rings. The number of hydrogen-bond donors (Lipinski definition) is 0. The second kappa shape index (κ2) is 13.0. The van der Waals surface area contributed by atoms with Crippen LogP contribution >= 0.6 is 0 Å². The van der Waals surface area contributed by atoms with Gasteiger partial charge in [0.05, 0.1) is 12.7 Å². The topological polar surface area (TPSA) is 65.5 Å². The van der Waals surface area contributed by atoms with Crippen LogP contribution in [0.3, 0.4) is 0 Å². The number of carboxylic acids is 1. The van der Waals surface area contributed by atoms with Crippen molar-refractivity contribution in [1.82, 2.24) is 9.88 Å². The Hall–Kier alpha value is -2.46. The van der Waals surface area contributed by atoms with Crippen molar-refractivity contribution in [3.8, 4) is 16.9 Å². The Morgan fingerprint density at radius 2 is 1.86 bits per heavy atom. The second-order valence-corrected chi connectivity index (χ2v) is 11.5. The van der Waals surface area contributed by atoms with Crippen molar-refractivity contribution in [2.45, 2.75) is 64.3 Å². The quantitative estimate of drug-likeness (QED) is 0.282. The van der Waals surface area contributed by atoms with Gasteiger partial charge >= 0.3 is 35.7 Å². The molecular weight excluding hydrogens is 559 g/mol. The Kier molecular flexibility index (Phi) is 10.1. The van der Waals surface area contributed by atoms with Crippen molar-refractivity contribution in [3.63, 3.8) is 0 Å². The van der Waals surface area contributed by atoms with Gasteiger partial charge in [0.15, 0.2) is 0 Å². The molecule has 1 aromatic heterocycles. The van der Waals surface area contributed by atoms with Crippen molar-refractivity contribution in [1.29, 1.82) is 0 Å². The molecule has 0 amide bonds. The van der Waals surface area contributed by atoms with Crippen LogP contribution in [0.1, 0.15) is 66.2 Å². The number of hydrogen-bond acceptors (Lipinski definition) is 5. The number of aromatic nitrogens is 1. The van der Waals surface area contributed by atoms with Gasteiger partial charge in [-0.05, 0) is 91.4 Å². The molecular formula is C32H33F4N2NaO3. The minimum atomic E-state index is -4.37. The molecule has 3 atom stereocenters. The van der Waals surface area contributed by atoms with E-state index in [1.54, 1.807) is 26.0 Å². The van der Waals surface area contributed by atoms with Gasteiger partial charge in [-0.3, -0.25) is 9.88 Å². The first-order chi connectivity index (χ1) is 19.4. The molecule has 0 spiro atoms. The Balaban J connectivity index is 0.00000405. The summed E-state index contributed by atoms with van der Waals surface area (Å²) >= 11 is 0. The number of pyridine rings is 1. The van der Waals surface area contributed by atoms with Gasteiger partial charge in [0, 0.05) is 29.7 Å². The molecule has 5 rings (SSSR count). The molecule has 1 saturated carbocycles. The Bertz CT molecular complexity index is 1440. The third-order valence-corrected chi connectivity index (χ3v) is 8.13. The number of rotatable bonds is 9. The molecule has 1 unspecified atom stereocenters. The van der Waals surface area contributed by atoms with Crippen LogP contribution in [-0.4, -0.2) is 35.6 Å². The number of carbonyl (C=O) groups is 1. The maximum Gasteiger partial charge on any atom is 1.00 e. The van der Waals surface area contributed by atoms with E-state index in [1.807, 2.05) is 30.3 Å². The van der Waals surface area contributed by atoms with Crippen LogP contribution in [0.5, 0.6) is 5.75 Å². The van der Waals surface area contributed by atoms with Crippen LogP contribution in [-0.2, 0) is 17.8 Å². The molecule has 1 aliphatic heterocycles. The average molecular weight is 593 g/mol. The van der Waals surface area contributed by atoms with Crippen LogP contribution in [0.15, 0.2) is 48.7 Å². The first-order valence-electron chi connectivity index (χ1n) is 13.9. The summed E-state index contributed by atoms with van der Waals surface area (Å²) in [6, 6.07) is 12.9. The number of ether oxygens (including phenoxy) is 1. The largest absolute Gasteiger partial charge is 1.00 e. The van der Waals surface area contributed by atoms with Crippen molar-refractivity contribution >= 4 is 5.97 Å². The fraction of sp³-hybridized carbons (Fsp3) is 0.438. The molecule has 5 nitrogen and oxygen atoms in total. The van der Waals surface area contributed by atoms with Gasteiger partial charge in [0.25, 0.3) is 0 Å². The number of carboxylic acid groups (broad SMARTS) is 1. The summed E-state index contributed by atoms with van der Waals surface area (Å²) in [5, 5.41) is 11.7. The maximum atomic E-state index is 14.8. The fourth-order valence-corrected chi connectivity index (χ4v) is 6.01. The molecule has 42 heavy (non-hydrogen) atoms. The number of aliphatic carboxylic acids is 1. The third-order valence-electron chi connectivity index (χ3n) is 8.13. The fourth-order valence-electron chi connectivity index (χ4n) is 6.01. The Morgan fingerprint density at radius 3 is 2.52 bits per heavy atom. The predicted molar refractivity (Wildman–Crippen MR) is 145 cm³/mol. The molecule has 2 heterocycles. The number of nitrogens with zero attached hydrogens (tertiary/aromatic N) is 2. The first kappa shape index (κ1) is 32.5. The van der Waals surface area contributed by atoms with Crippen molar-refractivity contribution in [2.75, 3.05) is 13.6 Å². The van der Waals surface area contributed by atoms with Crippen LogP contribution in [0.25, 0.3) is 11.1 Å². The van der Waals surface area contributed by atoms with E-state index in [4.69, 9.17) is 4.74 Å². The SMILES string of the molecule is Cc1cc(-c2ccc(C3CCc4ccc([C@H](C5CC5)[C@H](C)C(=O)[O-])cc4O3)cc2CN(C)CC(F)(F)F)c(F)cn1.[Na+]. The summed E-state index contributed by atoms with van der Waals surface area (Å²) in [7, 11) is 1.39. The van der Waals surface area contributed by atoms with E-state index in [9.17, 15) is 27.5 Å².